The first-order valence-electron chi connectivity index (χ1n) is 6.07. The van der Waals surface area contributed by atoms with Crippen molar-refractivity contribution in [2.45, 2.75) is 13.8 Å². The molecule has 0 fully saturated rings. The topological polar surface area (TPSA) is 36.1 Å². The molecule has 1 N–H and O–H groups in total. The average molecular weight is 230 g/mol. The van der Waals surface area contributed by atoms with Crippen molar-refractivity contribution in [3.8, 4) is 0 Å². The second-order valence-corrected chi connectivity index (χ2v) is 4.16. The van der Waals surface area contributed by atoms with E-state index in [-0.39, 0.29) is 5.78 Å². The number of likely N-dealkylation sites (N-methyl/N-ethyl adjacent to an activating group) is 1. The molecule has 0 saturated heterocycles. The highest BCUT2D eigenvalue weighted by atomic mass is 16.1. The molecular formula is C14H18N2O. The van der Waals surface area contributed by atoms with E-state index >= 15 is 0 Å². The monoisotopic (exact) mass is 230 g/mol. The highest BCUT2D eigenvalue weighted by Gasteiger charge is 2.10. The molecule has 2 aromatic rings. The lowest BCUT2D eigenvalue weighted by Gasteiger charge is -2.16. The molecule has 3 heteroatoms. The lowest BCUT2D eigenvalue weighted by atomic mass is 10.1. The van der Waals surface area contributed by atoms with Crippen molar-refractivity contribution >= 4 is 16.7 Å². The largest absolute Gasteiger partial charge is 0.361 e. The van der Waals surface area contributed by atoms with Crippen LogP contribution in [0.15, 0.2) is 30.5 Å². The standard InChI is InChI=1S/C14H18N2O/c1-3-16(4-2)10-14(17)12-6-5-11-7-8-15-13(11)9-12/h5-9,15H,3-4,10H2,1-2H3. The van der Waals surface area contributed by atoms with Crippen LogP contribution in [0.4, 0.5) is 0 Å². The summed E-state index contributed by atoms with van der Waals surface area (Å²) in [5.41, 5.74) is 1.81. The molecule has 0 bridgehead atoms. The van der Waals surface area contributed by atoms with Crippen molar-refractivity contribution in [3.05, 3.63) is 36.0 Å². The summed E-state index contributed by atoms with van der Waals surface area (Å²) in [6, 6.07) is 7.83. The van der Waals surface area contributed by atoms with Crippen molar-refractivity contribution in [1.29, 1.82) is 0 Å². The fraction of sp³-hybridized carbons (Fsp3) is 0.357. The Bertz CT molecular complexity index is 512. The molecule has 3 nitrogen and oxygen atoms in total. The third-order valence-electron chi connectivity index (χ3n) is 3.14. The van der Waals surface area contributed by atoms with E-state index in [1.54, 1.807) is 0 Å². The maximum absolute atomic E-state index is 12.1. The molecule has 0 saturated carbocycles. The van der Waals surface area contributed by atoms with E-state index in [0.29, 0.717) is 6.54 Å². The number of aromatic amines is 1. The minimum atomic E-state index is 0.185. The number of Topliss-reactive ketones (excluding diaryl/α,β-unsaturated/α-hetero) is 1. The summed E-state index contributed by atoms with van der Waals surface area (Å²) < 4.78 is 0. The lowest BCUT2D eigenvalue weighted by Crippen LogP contribution is -2.29. The minimum absolute atomic E-state index is 0.185. The molecule has 0 atom stereocenters. The molecular weight excluding hydrogens is 212 g/mol. The van der Waals surface area contributed by atoms with Crippen LogP contribution in [0.2, 0.25) is 0 Å². The van der Waals surface area contributed by atoms with Crippen molar-refractivity contribution in [1.82, 2.24) is 9.88 Å². The summed E-state index contributed by atoms with van der Waals surface area (Å²) >= 11 is 0. The molecule has 90 valence electrons. The molecule has 0 aliphatic rings. The molecule has 1 aromatic heterocycles. The van der Waals surface area contributed by atoms with Crippen LogP contribution in [0.5, 0.6) is 0 Å². The molecule has 0 radical (unpaired) electrons. The number of benzene rings is 1. The van der Waals surface area contributed by atoms with Crippen LogP contribution in [0.1, 0.15) is 24.2 Å². The van der Waals surface area contributed by atoms with Crippen LogP contribution in [0.25, 0.3) is 10.9 Å². The first-order valence-corrected chi connectivity index (χ1v) is 6.07. The van der Waals surface area contributed by atoms with Gasteiger partial charge in [0.2, 0.25) is 0 Å². The zero-order valence-electron chi connectivity index (χ0n) is 10.4. The maximum Gasteiger partial charge on any atom is 0.176 e. The smallest absolute Gasteiger partial charge is 0.176 e. The van der Waals surface area contributed by atoms with E-state index in [1.807, 2.05) is 30.5 Å². The van der Waals surface area contributed by atoms with Gasteiger partial charge < -0.3 is 4.98 Å². The van der Waals surface area contributed by atoms with Crippen molar-refractivity contribution in [2.75, 3.05) is 19.6 Å². The van der Waals surface area contributed by atoms with E-state index in [1.165, 1.54) is 0 Å². The second kappa shape index (κ2) is 5.15. The first kappa shape index (κ1) is 11.9. The van der Waals surface area contributed by atoms with Crippen molar-refractivity contribution < 1.29 is 4.79 Å². The van der Waals surface area contributed by atoms with E-state index in [2.05, 4.69) is 23.7 Å². The molecule has 0 aliphatic carbocycles. The zero-order chi connectivity index (χ0) is 12.3. The van der Waals surface area contributed by atoms with Gasteiger partial charge in [-0.15, -0.1) is 0 Å². The Morgan fingerprint density at radius 2 is 2.00 bits per heavy atom. The quantitative estimate of drug-likeness (QED) is 0.802. The predicted molar refractivity (Wildman–Crippen MR) is 70.4 cm³/mol. The lowest BCUT2D eigenvalue weighted by molar-refractivity contribution is 0.0937. The number of H-pyrrole nitrogens is 1. The number of hydrogen-bond acceptors (Lipinski definition) is 2. The summed E-state index contributed by atoms with van der Waals surface area (Å²) in [6.07, 6.45) is 1.89. The van der Waals surface area contributed by atoms with Crippen molar-refractivity contribution in [2.24, 2.45) is 0 Å². The van der Waals surface area contributed by atoms with E-state index in [0.717, 1.165) is 29.6 Å². The molecule has 2 rings (SSSR count). The molecule has 0 amide bonds. The number of aromatic nitrogens is 1. The van der Waals surface area contributed by atoms with Gasteiger partial charge in [-0.1, -0.05) is 26.0 Å². The van der Waals surface area contributed by atoms with Gasteiger partial charge in [-0.25, -0.2) is 0 Å². The van der Waals surface area contributed by atoms with Crippen molar-refractivity contribution in [3.63, 3.8) is 0 Å². The first-order chi connectivity index (χ1) is 8.24. The number of hydrogen-bond donors (Lipinski definition) is 1. The Labute approximate surface area is 101 Å². The number of nitrogens with one attached hydrogen (secondary N) is 1. The molecule has 1 aromatic carbocycles. The fourth-order valence-electron chi connectivity index (χ4n) is 1.96. The third kappa shape index (κ3) is 2.56. The SMILES string of the molecule is CCN(CC)CC(=O)c1ccc2cc[nH]c2c1. The number of rotatable bonds is 5. The molecule has 0 spiro atoms. The number of ketones is 1. The van der Waals surface area contributed by atoms with Gasteiger partial charge in [0.05, 0.1) is 6.54 Å². The highest BCUT2D eigenvalue weighted by molar-refractivity contribution is 6.00. The number of carbonyl (C=O) groups excluding carboxylic acids is 1. The summed E-state index contributed by atoms with van der Waals surface area (Å²) in [4.78, 5) is 17.3. The Balaban J connectivity index is 2.18. The number of carbonyl (C=O) groups is 1. The van der Waals surface area contributed by atoms with Gasteiger partial charge in [-0.2, -0.15) is 0 Å². The Morgan fingerprint density at radius 3 is 2.71 bits per heavy atom. The third-order valence-corrected chi connectivity index (χ3v) is 3.14. The Hall–Kier alpha value is -1.61. The van der Waals surface area contributed by atoms with Gasteiger partial charge in [-0.05, 0) is 30.6 Å². The maximum atomic E-state index is 12.1. The van der Waals surface area contributed by atoms with E-state index < -0.39 is 0 Å². The van der Waals surface area contributed by atoms with Crippen LogP contribution in [-0.2, 0) is 0 Å². The summed E-state index contributed by atoms with van der Waals surface area (Å²) in [5, 5.41) is 1.14. The number of fused-ring (bicyclic) bond motifs is 1. The van der Waals surface area contributed by atoms with Crippen LogP contribution < -0.4 is 0 Å². The van der Waals surface area contributed by atoms with Gasteiger partial charge in [0.25, 0.3) is 0 Å². The van der Waals surface area contributed by atoms with Gasteiger partial charge in [0, 0.05) is 17.3 Å². The van der Waals surface area contributed by atoms with E-state index in [9.17, 15) is 4.79 Å². The normalized spacial score (nSPS) is 11.2. The van der Waals surface area contributed by atoms with Crippen LogP contribution in [-0.4, -0.2) is 35.3 Å². The van der Waals surface area contributed by atoms with Crippen LogP contribution in [0.3, 0.4) is 0 Å². The predicted octanol–water partition coefficient (Wildman–Crippen LogP) is 2.69. The second-order valence-electron chi connectivity index (χ2n) is 4.16. The van der Waals surface area contributed by atoms with Gasteiger partial charge in [0.15, 0.2) is 5.78 Å². The fourth-order valence-corrected chi connectivity index (χ4v) is 1.96. The minimum Gasteiger partial charge on any atom is -0.361 e. The molecule has 1 heterocycles. The average Bonchev–Trinajstić information content (AvgIpc) is 2.82. The van der Waals surface area contributed by atoms with Gasteiger partial charge in [0.1, 0.15) is 0 Å². The van der Waals surface area contributed by atoms with E-state index in [4.69, 9.17) is 0 Å². The Morgan fingerprint density at radius 1 is 1.24 bits per heavy atom. The molecule has 0 unspecified atom stereocenters. The molecule has 0 aliphatic heterocycles. The van der Waals surface area contributed by atoms with Gasteiger partial charge in [-0.3, -0.25) is 9.69 Å². The van der Waals surface area contributed by atoms with Crippen LogP contribution in [0, 0.1) is 0 Å². The summed E-state index contributed by atoms with van der Waals surface area (Å²) in [6.45, 7) is 6.47. The highest BCUT2D eigenvalue weighted by Crippen LogP contribution is 2.14. The number of nitrogens with zero attached hydrogens (tertiary/aromatic N) is 1. The Kier molecular flexibility index (Phi) is 3.59. The molecule has 17 heavy (non-hydrogen) atoms. The summed E-state index contributed by atoms with van der Waals surface area (Å²) in [7, 11) is 0. The zero-order valence-corrected chi connectivity index (χ0v) is 10.4. The summed E-state index contributed by atoms with van der Waals surface area (Å²) in [5.74, 6) is 0.185. The van der Waals surface area contributed by atoms with Crippen LogP contribution >= 0.6 is 0 Å². The van der Waals surface area contributed by atoms with Gasteiger partial charge >= 0.3 is 0 Å².